The van der Waals surface area contributed by atoms with E-state index in [0.717, 1.165) is 13.1 Å². The van der Waals surface area contributed by atoms with Crippen LogP contribution < -0.4 is 5.73 Å². The van der Waals surface area contributed by atoms with Crippen LogP contribution in [0.3, 0.4) is 0 Å². The Morgan fingerprint density at radius 3 is 2.56 bits per heavy atom. The third-order valence-electron chi connectivity index (χ3n) is 4.48. The standard InChI is InChI=1S/C16H26N2/c1-14-7-6-8-15(11-14)12-18(2)16(13-17)9-4-3-5-10-16/h6-8,11H,3-5,9-10,12-13,17H2,1-2H3. The monoisotopic (exact) mass is 246 g/mol. The zero-order valence-electron chi connectivity index (χ0n) is 11.8. The van der Waals surface area contributed by atoms with Gasteiger partial charge in [0.05, 0.1) is 0 Å². The summed E-state index contributed by atoms with van der Waals surface area (Å²) in [6, 6.07) is 8.80. The Kier molecular flexibility index (Phi) is 4.41. The lowest BCUT2D eigenvalue weighted by molar-refractivity contribution is 0.0758. The summed E-state index contributed by atoms with van der Waals surface area (Å²) in [5.74, 6) is 0. The molecule has 0 unspecified atom stereocenters. The third kappa shape index (κ3) is 2.93. The van der Waals surface area contributed by atoms with Crippen molar-refractivity contribution in [2.45, 2.75) is 51.1 Å². The summed E-state index contributed by atoms with van der Waals surface area (Å²) < 4.78 is 0. The number of rotatable bonds is 4. The summed E-state index contributed by atoms with van der Waals surface area (Å²) in [6.07, 6.45) is 6.54. The molecule has 2 N–H and O–H groups in total. The maximum absolute atomic E-state index is 6.08. The predicted molar refractivity (Wildman–Crippen MR) is 77.5 cm³/mol. The molecule has 1 fully saturated rings. The van der Waals surface area contributed by atoms with Crippen molar-refractivity contribution in [1.82, 2.24) is 4.90 Å². The van der Waals surface area contributed by atoms with E-state index in [1.807, 2.05) is 0 Å². The van der Waals surface area contributed by atoms with Crippen molar-refractivity contribution in [2.24, 2.45) is 5.73 Å². The molecule has 2 rings (SSSR count). The van der Waals surface area contributed by atoms with Crippen molar-refractivity contribution in [2.75, 3.05) is 13.6 Å². The molecule has 0 saturated heterocycles. The lowest BCUT2D eigenvalue weighted by atomic mass is 9.80. The van der Waals surface area contributed by atoms with E-state index in [-0.39, 0.29) is 5.54 Å². The Labute approximate surface area is 111 Å². The van der Waals surface area contributed by atoms with Crippen LogP contribution in [0.5, 0.6) is 0 Å². The molecular formula is C16H26N2. The molecular weight excluding hydrogens is 220 g/mol. The SMILES string of the molecule is Cc1cccc(CN(C)C2(CN)CCCCC2)c1. The first kappa shape index (κ1) is 13.6. The van der Waals surface area contributed by atoms with Gasteiger partial charge in [-0.1, -0.05) is 49.1 Å². The van der Waals surface area contributed by atoms with Crippen LogP contribution in [-0.4, -0.2) is 24.0 Å². The van der Waals surface area contributed by atoms with Crippen LogP contribution in [0, 0.1) is 6.92 Å². The van der Waals surface area contributed by atoms with E-state index in [0.29, 0.717) is 0 Å². The summed E-state index contributed by atoms with van der Waals surface area (Å²) in [4.78, 5) is 2.49. The van der Waals surface area contributed by atoms with Crippen LogP contribution in [-0.2, 0) is 6.54 Å². The highest BCUT2D eigenvalue weighted by atomic mass is 15.2. The highest BCUT2D eigenvalue weighted by Gasteiger charge is 2.34. The maximum atomic E-state index is 6.08. The van der Waals surface area contributed by atoms with Gasteiger partial charge in [-0.05, 0) is 32.4 Å². The van der Waals surface area contributed by atoms with E-state index in [9.17, 15) is 0 Å². The summed E-state index contributed by atoms with van der Waals surface area (Å²) >= 11 is 0. The van der Waals surface area contributed by atoms with E-state index in [2.05, 4.69) is 43.1 Å². The smallest absolute Gasteiger partial charge is 0.0332 e. The van der Waals surface area contributed by atoms with E-state index >= 15 is 0 Å². The van der Waals surface area contributed by atoms with Gasteiger partial charge in [-0.15, -0.1) is 0 Å². The molecule has 100 valence electrons. The number of likely N-dealkylation sites (N-methyl/N-ethyl adjacent to an activating group) is 1. The van der Waals surface area contributed by atoms with Crippen LogP contribution in [0.25, 0.3) is 0 Å². The highest BCUT2D eigenvalue weighted by molar-refractivity contribution is 5.22. The molecule has 18 heavy (non-hydrogen) atoms. The van der Waals surface area contributed by atoms with Crippen molar-refractivity contribution in [3.63, 3.8) is 0 Å². The largest absolute Gasteiger partial charge is 0.329 e. The van der Waals surface area contributed by atoms with Gasteiger partial charge in [0, 0.05) is 18.6 Å². The average Bonchev–Trinajstić information content (AvgIpc) is 2.39. The first-order chi connectivity index (χ1) is 8.66. The summed E-state index contributed by atoms with van der Waals surface area (Å²) in [6.45, 7) is 3.96. The number of benzene rings is 1. The minimum absolute atomic E-state index is 0.238. The van der Waals surface area contributed by atoms with Gasteiger partial charge in [-0.25, -0.2) is 0 Å². The van der Waals surface area contributed by atoms with Crippen LogP contribution >= 0.6 is 0 Å². The van der Waals surface area contributed by atoms with Crippen LogP contribution in [0.2, 0.25) is 0 Å². The van der Waals surface area contributed by atoms with Crippen molar-refractivity contribution in [1.29, 1.82) is 0 Å². The molecule has 1 aromatic rings. The summed E-state index contributed by atoms with van der Waals surface area (Å²) in [7, 11) is 2.24. The third-order valence-corrected chi connectivity index (χ3v) is 4.48. The fourth-order valence-electron chi connectivity index (χ4n) is 3.20. The second-order valence-corrected chi connectivity index (χ2v) is 5.83. The van der Waals surface area contributed by atoms with Gasteiger partial charge >= 0.3 is 0 Å². The molecule has 0 aliphatic heterocycles. The topological polar surface area (TPSA) is 29.3 Å². The number of nitrogens with two attached hydrogens (primary N) is 1. The lowest BCUT2D eigenvalue weighted by Gasteiger charge is -2.44. The zero-order valence-corrected chi connectivity index (χ0v) is 11.8. The number of hydrogen-bond acceptors (Lipinski definition) is 2. The molecule has 2 heteroatoms. The second-order valence-electron chi connectivity index (χ2n) is 5.83. The maximum Gasteiger partial charge on any atom is 0.0332 e. The first-order valence-electron chi connectivity index (χ1n) is 7.13. The Balaban J connectivity index is 2.07. The molecule has 2 nitrogen and oxygen atoms in total. The Morgan fingerprint density at radius 2 is 1.94 bits per heavy atom. The Morgan fingerprint density at radius 1 is 1.22 bits per heavy atom. The molecule has 0 heterocycles. The fraction of sp³-hybridized carbons (Fsp3) is 0.625. The molecule has 0 spiro atoms. The average molecular weight is 246 g/mol. The minimum atomic E-state index is 0.238. The Bertz CT molecular complexity index is 380. The van der Waals surface area contributed by atoms with Crippen molar-refractivity contribution < 1.29 is 0 Å². The number of hydrogen-bond donors (Lipinski definition) is 1. The molecule has 1 aromatic carbocycles. The molecule has 0 amide bonds. The van der Waals surface area contributed by atoms with Crippen molar-refractivity contribution in [3.05, 3.63) is 35.4 Å². The molecule has 1 aliphatic rings. The van der Waals surface area contributed by atoms with Gasteiger partial charge in [0.25, 0.3) is 0 Å². The zero-order chi connectivity index (χ0) is 13.0. The molecule has 0 aromatic heterocycles. The number of aryl methyl sites for hydroxylation is 1. The van der Waals surface area contributed by atoms with Crippen molar-refractivity contribution >= 4 is 0 Å². The lowest BCUT2D eigenvalue weighted by Crippen LogP contribution is -2.52. The first-order valence-corrected chi connectivity index (χ1v) is 7.13. The van der Waals surface area contributed by atoms with Crippen molar-refractivity contribution in [3.8, 4) is 0 Å². The van der Waals surface area contributed by atoms with Gasteiger partial charge < -0.3 is 5.73 Å². The predicted octanol–water partition coefficient (Wildman–Crippen LogP) is 3.09. The van der Waals surface area contributed by atoms with Crippen LogP contribution in [0.4, 0.5) is 0 Å². The van der Waals surface area contributed by atoms with Gasteiger partial charge in [0.1, 0.15) is 0 Å². The van der Waals surface area contributed by atoms with Gasteiger partial charge in [-0.3, -0.25) is 4.90 Å². The van der Waals surface area contributed by atoms with E-state index in [4.69, 9.17) is 5.73 Å². The summed E-state index contributed by atoms with van der Waals surface area (Å²) in [5, 5.41) is 0. The quantitative estimate of drug-likeness (QED) is 0.884. The van der Waals surface area contributed by atoms with Gasteiger partial charge in [0.2, 0.25) is 0 Å². The van der Waals surface area contributed by atoms with Crippen LogP contribution in [0.15, 0.2) is 24.3 Å². The molecule has 0 radical (unpaired) electrons. The number of nitrogens with zero attached hydrogens (tertiary/aromatic N) is 1. The second kappa shape index (κ2) is 5.85. The summed E-state index contributed by atoms with van der Waals surface area (Å²) in [5.41, 5.74) is 9.06. The van der Waals surface area contributed by atoms with Gasteiger partial charge in [0.15, 0.2) is 0 Å². The normalized spacial score (nSPS) is 19.1. The van der Waals surface area contributed by atoms with E-state index in [1.54, 1.807) is 0 Å². The van der Waals surface area contributed by atoms with Gasteiger partial charge in [-0.2, -0.15) is 0 Å². The Hall–Kier alpha value is -0.860. The van der Waals surface area contributed by atoms with Crippen LogP contribution in [0.1, 0.15) is 43.2 Å². The molecule has 0 bridgehead atoms. The highest BCUT2D eigenvalue weighted by Crippen LogP contribution is 2.32. The van der Waals surface area contributed by atoms with E-state index < -0.39 is 0 Å². The molecule has 1 aliphatic carbocycles. The minimum Gasteiger partial charge on any atom is -0.329 e. The molecule has 1 saturated carbocycles. The van der Waals surface area contributed by atoms with E-state index in [1.165, 1.54) is 43.2 Å². The molecule has 0 atom stereocenters. The fourth-order valence-corrected chi connectivity index (χ4v) is 3.20.